The molecule has 1 fully saturated rings. The van der Waals surface area contributed by atoms with Crippen LogP contribution in [-0.2, 0) is 20.8 Å². The Morgan fingerprint density at radius 3 is 2.40 bits per heavy atom. The molecule has 1 aromatic rings. The normalized spacial score (nSPS) is 25.0. The first-order valence-corrected chi connectivity index (χ1v) is 9.88. The van der Waals surface area contributed by atoms with Gasteiger partial charge in [-0.05, 0) is 50.2 Å². The molecule has 7 N–H and O–H groups in total. The Bertz CT molecular complexity index is 1050. The van der Waals surface area contributed by atoms with Gasteiger partial charge in [0, 0.05) is 24.9 Å². The van der Waals surface area contributed by atoms with Gasteiger partial charge < -0.3 is 26.3 Å². The summed E-state index contributed by atoms with van der Waals surface area (Å²) in [5, 5.41) is 31.9. The number of aliphatic hydroxyl groups excluding tert-OH is 2. The molecule has 0 amide bonds. The van der Waals surface area contributed by atoms with Gasteiger partial charge in [-0.2, -0.15) is 0 Å². The lowest BCUT2D eigenvalue weighted by molar-refractivity contribution is -0.127. The largest absolute Gasteiger partial charge is 0.511 e. The number of hydrogen-bond donors (Lipinski definition) is 3. The van der Waals surface area contributed by atoms with E-state index < -0.39 is 34.9 Å². The van der Waals surface area contributed by atoms with Gasteiger partial charge in [0.2, 0.25) is 0 Å². The van der Waals surface area contributed by atoms with Crippen molar-refractivity contribution in [2.75, 3.05) is 0 Å². The molecule has 0 radical (unpaired) electrons. The summed E-state index contributed by atoms with van der Waals surface area (Å²) in [6.45, 7) is 2.88. The molecule has 8 nitrogen and oxygen atoms in total. The van der Waals surface area contributed by atoms with Gasteiger partial charge in [0.25, 0.3) is 0 Å². The van der Waals surface area contributed by atoms with E-state index in [2.05, 4.69) is 15.9 Å². The first-order chi connectivity index (χ1) is 13.1. The number of halogens is 1. The zero-order valence-corrected chi connectivity index (χ0v) is 18.0. The summed E-state index contributed by atoms with van der Waals surface area (Å²) in [4.78, 5) is 37.3. The first-order valence-electron chi connectivity index (χ1n) is 9.09. The van der Waals surface area contributed by atoms with Gasteiger partial charge in [0.1, 0.15) is 17.3 Å². The zero-order valence-electron chi connectivity index (χ0n) is 16.4. The van der Waals surface area contributed by atoms with Crippen molar-refractivity contribution in [2.24, 2.45) is 17.8 Å². The number of aliphatic hydroxyl groups is 2. The van der Waals surface area contributed by atoms with Crippen LogP contribution in [0.1, 0.15) is 39.3 Å². The number of phenolic OH excluding ortho intramolecular Hbond substituents is 1. The van der Waals surface area contributed by atoms with Crippen molar-refractivity contribution in [2.45, 2.75) is 33.1 Å². The molecular weight excluding hydrogens is 460 g/mol. The molecule has 0 spiro atoms. The molecule has 9 heteroatoms. The lowest BCUT2D eigenvalue weighted by Gasteiger charge is -2.41. The zero-order chi connectivity index (χ0) is 20.5. The Balaban J connectivity index is 0.00000240. The Hall–Kier alpha value is -2.49. The van der Waals surface area contributed by atoms with Crippen LogP contribution in [0.4, 0.5) is 0 Å². The van der Waals surface area contributed by atoms with Crippen LogP contribution in [0.25, 0.3) is 5.76 Å². The molecular formula is C21H27BrO8. The number of hydrogen-bond acceptors (Lipinski definition) is 6. The predicted octanol–water partition coefficient (Wildman–Crippen LogP) is 2.33. The third-order valence-electron chi connectivity index (χ3n) is 6.17. The summed E-state index contributed by atoms with van der Waals surface area (Å²) in [6, 6.07) is 1.82. The first kappa shape index (κ1) is 23.8. The third-order valence-corrected chi connectivity index (χ3v) is 7.00. The predicted molar refractivity (Wildman–Crippen MR) is 115 cm³/mol. The van der Waals surface area contributed by atoms with E-state index >= 15 is 0 Å². The van der Waals surface area contributed by atoms with E-state index in [4.69, 9.17) is 0 Å². The second-order valence-corrected chi connectivity index (χ2v) is 8.67. The number of benzene rings is 1. The number of fused-ring (bicyclic) bond motifs is 3. The third kappa shape index (κ3) is 3.17. The second kappa shape index (κ2) is 7.98. The average Bonchev–Trinajstić information content (AvgIpc) is 2.58. The topological polar surface area (TPSA) is 175 Å². The van der Waals surface area contributed by atoms with Gasteiger partial charge in [-0.1, -0.05) is 15.9 Å². The maximum Gasteiger partial charge on any atom is 0.173 e. The summed E-state index contributed by atoms with van der Waals surface area (Å²) in [6.07, 6.45) is 0.895. The summed E-state index contributed by atoms with van der Waals surface area (Å²) in [5.74, 6) is -4.08. The van der Waals surface area contributed by atoms with Crippen molar-refractivity contribution in [1.29, 1.82) is 0 Å². The fraction of sp³-hybridized carbons (Fsp3) is 0.381. The summed E-state index contributed by atoms with van der Waals surface area (Å²) in [7, 11) is 0. The molecule has 3 atom stereocenters. The summed E-state index contributed by atoms with van der Waals surface area (Å²) in [5.41, 5.74) is 1.36. The van der Waals surface area contributed by atoms with Crippen molar-refractivity contribution < 1.29 is 43.5 Å². The highest BCUT2D eigenvalue weighted by molar-refractivity contribution is 9.10. The molecule has 3 unspecified atom stereocenters. The highest BCUT2D eigenvalue weighted by Gasteiger charge is 2.50. The van der Waals surface area contributed by atoms with Gasteiger partial charge in [-0.25, -0.2) is 0 Å². The van der Waals surface area contributed by atoms with Gasteiger partial charge in [0.15, 0.2) is 17.3 Å². The smallest absolute Gasteiger partial charge is 0.173 e. The maximum absolute atomic E-state index is 13.2. The van der Waals surface area contributed by atoms with Crippen molar-refractivity contribution in [3.63, 3.8) is 0 Å². The van der Waals surface area contributed by atoms with Crippen LogP contribution < -0.4 is 0 Å². The van der Waals surface area contributed by atoms with E-state index in [9.17, 15) is 29.7 Å². The van der Waals surface area contributed by atoms with Crippen LogP contribution >= 0.6 is 15.9 Å². The highest BCUT2D eigenvalue weighted by atomic mass is 79.9. The minimum Gasteiger partial charge on any atom is -0.511 e. The lowest BCUT2D eigenvalue weighted by Crippen LogP contribution is -2.43. The molecule has 4 rings (SSSR count). The summed E-state index contributed by atoms with van der Waals surface area (Å²) < 4.78 is 0.708. The average molecular weight is 487 g/mol. The number of Topliss-reactive ketones (excluding diaryl/α,β-unsaturated/α-hetero) is 3. The van der Waals surface area contributed by atoms with Crippen LogP contribution in [0.3, 0.4) is 0 Å². The van der Waals surface area contributed by atoms with E-state index in [1.54, 1.807) is 6.92 Å². The van der Waals surface area contributed by atoms with Crippen LogP contribution in [0.2, 0.25) is 0 Å². The van der Waals surface area contributed by atoms with E-state index in [-0.39, 0.29) is 54.4 Å². The monoisotopic (exact) mass is 486 g/mol. The van der Waals surface area contributed by atoms with Gasteiger partial charge in [-0.3, -0.25) is 14.4 Å². The van der Waals surface area contributed by atoms with Crippen molar-refractivity contribution >= 4 is 39.0 Å². The van der Waals surface area contributed by atoms with Gasteiger partial charge in [0.05, 0.1) is 17.1 Å². The second-order valence-electron chi connectivity index (χ2n) is 7.81. The van der Waals surface area contributed by atoms with E-state index in [0.29, 0.717) is 22.9 Å². The fourth-order valence-corrected chi connectivity index (χ4v) is 5.34. The van der Waals surface area contributed by atoms with Crippen LogP contribution in [-0.4, -0.2) is 43.6 Å². The molecule has 166 valence electrons. The molecule has 0 saturated heterocycles. The fourth-order valence-electron chi connectivity index (χ4n) is 4.87. The van der Waals surface area contributed by atoms with Crippen molar-refractivity contribution in [3.8, 4) is 5.75 Å². The molecule has 0 aromatic heterocycles. The lowest BCUT2D eigenvalue weighted by atomic mass is 9.61. The standard InChI is InChI=1S/C21H19BrO6.2H2O.2H2/c1-7-12(22)5-10-3-9-4-11-6-13(24)14(8(2)23)19(26)17(11)21(28)16(9)20(27)15(10)18(7)25;;;;/h5,9,11,17,25-27H,3-4,6H2,1-2H3;2*1H2;2*1H. The molecule has 0 bridgehead atoms. The summed E-state index contributed by atoms with van der Waals surface area (Å²) >= 11 is 3.40. The molecule has 3 aliphatic rings. The van der Waals surface area contributed by atoms with Crippen LogP contribution in [0.5, 0.6) is 5.75 Å². The van der Waals surface area contributed by atoms with Gasteiger partial charge in [-0.15, -0.1) is 0 Å². The van der Waals surface area contributed by atoms with Crippen LogP contribution in [0.15, 0.2) is 27.4 Å². The Morgan fingerprint density at radius 2 is 1.80 bits per heavy atom. The SMILES string of the molecule is CC(=O)C1=C(O)C2C(=O)C3=C(O)c4c(cc(Br)c(C)c4O)CC3CC2CC1=O.O.O.[HH].[HH]. The quantitative estimate of drug-likeness (QED) is 0.512. The number of rotatable bonds is 1. The van der Waals surface area contributed by atoms with E-state index in [1.165, 1.54) is 6.92 Å². The molecule has 0 aliphatic heterocycles. The number of carbonyl (C=O) groups is 3. The molecule has 0 heterocycles. The van der Waals surface area contributed by atoms with Crippen molar-refractivity contribution in [3.05, 3.63) is 44.1 Å². The minimum absolute atomic E-state index is 0. The molecule has 30 heavy (non-hydrogen) atoms. The number of allylic oxidation sites excluding steroid dienone is 3. The number of aromatic hydroxyl groups is 1. The Labute approximate surface area is 183 Å². The Kier molecular flexibility index (Phi) is 6.32. The number of carbonyl (C=O) groups excluding carboxylic acids is 3. The molecule has 3 aliphatic carbocycles. The number of ketones is 3. The maximum atomic E-state index is 13.2. The molecule has 1 saturated carbocycles. The van der Waals surface area contributed by atoms with Crippen molar-refractivity contribution in [1.82, 2.24) is 0 Å². The Morgan fingerprint density at radius 1 is 1.17 bits per heavy atom. The number of phenols is 1. The van der Waals surface area contributed by atoms with Gasteiger partial charge >= 0.3 is 0 Å². The molecule has 1 aromatic carbocycles. The highest BCUT2D eigenvalue weighted by Crippen LogP contribution is 2.51. The van der Waals surface area contributed by atoms with E-state index in [1.807, 2.05) is 6.07 Å². The van der Waals surface area contributed by atoms with Crippen LogP contribution in [0, 0.1) is 24.7 Å². The minimum atomic E-state index is -1.01. The van der Waals surface area contributed by atoms with E-state index in [0.717, 1.165) is 5.56 Å².